The second-order valence-electron chi connectivity index (χ2n) is 4.61. The fourth-order valence-corrected chi connectivity index (χ4v) is 1.75. The third-order valence-corrected chi connectivity index (χ3v) is 2.98. The Morgan fingerprint density at radius 3 is 2.29 bits per heavy atom. The van der Waals surface area contributed by atoms with Crippen LogP contribution in [0.5, 0.6) is 0 Å². The van der Waals surface area contributed by atoms with E-state index in [2.05, 4.69) is 4.90 Å². The van der Waals surface area contributed by atoms with Crippen LogP contribution in [0.1, 0.15) is 40.0 Å². The normalized spacial score (nSPS) is 12.8. The minimum absolute atomic E-state index is 0.241. The number of hydrogen-bond acceptors (Lipinski definition) is 3. The van der Waals surface area contributed by atoms with Crippen LogP contribution in [0.2, 0.25) is 0 Å². The SMILES string of the molecule is CCN(CC)C(=O)CCCN(C)CCC(C)O. The molecule has 0 rings (SSSR count). The molecule has 4 heteroatoms. The molecule has 0 bridgehead atoms. The van der Waals surface area contributed by atoms with Crippen LogP contribution in [0.3, 0.4) is 0 Å². The summed E-state index contributed by atoms with van der Waals surface area (Å²) in [6, 6.07) is 0. The molecule has 0 aliphatic carbocycles. The van der Waals surface area contributed by atoms with Gasteiger partial charge in [-0.15, -0.1) is 0 Å². The highest BCUT2D eigenvalue weighted by Gasteiger charge is 2.09. The zero-order chi connectivity index (χ0) is 13.3. The van der Waals surface area contributed by atoms with Crippen LogP contribution in [0, 0.1) is 0 Å². The predicted octanol–water partition coefficient (Wildman–Crippen LogP) is 1.34. The number of aliphatic hydroxyl groups is 1. The molecule has 0 saturated carbocycles. The lowest BCUT2D eigenvalue weighted by atomic mass is 10.2. The second-order valence-corrected chi connectivity index (χ2v) is 4.61. The second kappa shape index (κ2) is 9.42. The first-order chi connectivity index (χ1) is 8.01. The van der Waals surface area contributed by atoms with Crippen molar-refractivity contribution in [2.45, 2.75) is 46.1 Å². The molecule has 102 valence electrons. The number of amides is 1. The lowest BCUT2D eigenvalue weighted by Gasteiger charge is -2.20. The fourth-order valence-electron chi connectivity index (χ4n) is 1.75. The van der Waals surface area contributed by atoms with Gasteiger partial charge in [0.1, 0.15) is 0 Å². The van der Waals surface area contributed by atoms with Gasteiger partial charge < -0.3 is 14.9 Å². The van der Waals surface area contributed by atoms with E-state index in [0.717, 1.165) is 39.0 Å². The molecule has 0 aliphatic heterocycles. The molecule has 1 N–H and O–H groups in total. The van der Waals surface area contributed by atoms with Crippen molar-refractivity contribution in [1.29, 1.82) is 0 Å². The molecule has 17 heavy (non-hydrogen) atoms. The Kier molecular flexibility index (Phi) is 9.09. The van der Waals surface area contributed by atoms with Crippen LogP contribution in [0.25, 0.3) is 0 Å². The molecule has 0 aromatic heterocycles. The van der Waals surface area contributed by atoms with Crippen molar-refractivity contribution in [3.05, 3.63) is 0 Å². The summed E-state index contributed by atoms with van der Waals surface area (Å²) in [7, 11) is 2.03. The maximum atomic E-state index is 11.7. The highest BCUT2D eigenvalue weighted by molar-refractivity contribution is 5.76. The van der Waals surface area contributed by atoms with E-state index in [1.807, 2.05) is 25.8 Å². The van der Waals surface area contributed by atoms with Gasteiger partial charge in [-0.25, -0.2) is 0 Å². The van der Waals surface area contributed by atoms with E-state index >= 15 is 0 Å². The summed E-state index contributed by atoms with van der Waals surface area (Å²) < 4.78 is 0. The number of nitrogens with zero attached hydrogens (tertiary/aromatic N) is 2. The largest absolute Gasteiger partial charge is 0.393 e. The minimum Gasteiger partial charge on any atom is -0.393 e. The highest BCUT2D eigenvalue weighted by Crippen LogP contribution is 2.00. The molecular formula is C13H28N2O2. The maximum Gasteiger partial charge on any atom is 0.222 e. The summed E-state index contributed by atoms with van der Waals surface area (Å²) in [5.74, 6) is 0.249. The number of carbonyl (C=O) groups excluding carboxylic acids is 1. The van der Waals surface area contributed by atoms with Gasteiger partial charge in [-0.3, -0.25) is 4.79 Å². The molecule has 0 saturated heterocycles. The first kappa shape index (κ1) is 16.4. The molecule has 0 fully saturated rings. The van der Waals surface area contributed by atoms with Crippen LogP contribution < -0.4 is 0 Å². The Morgan fingerprint density at radius 2 is 1.82 bits per heavy atom. The number of aliphatic hydroxyl groups excluding tert-OH is 1. The Morgan fingerprint density at radius 1 is 1.24 bits per heavy atom. The van der Waals surface area contributed by atoms with Crippen LogP contribution in [0.15, 0.2) is 0 Å². The Labute approximate surface area is 106 Å². The molecule has 1 unspecified atom stereocenters. The summed E-state index contributed by atoms with van der Waals surface area (Å²) in [5, 5.41) is 9.16. The average Bonchev–Trinajstić information content (AvgIpc) is 2.28. The third-order valence-electron chi connectivity index (χ3n) is 2.98. The van der Waals surface area contributed by atoms with E-state index in [0.29, 0.717) is 6.42 Å². The van der Waals surface area contributed by atoms with Crippen molar-refractivity contribution < 1.29 is 9.90 Å². The maximum absolute atomic E-state index is 11.7. The zero-order valence-corrected chi connectivity index (χ0v) is 11.8. The fraction of sp³-hybridized carbons (Fsp3) is 0.923. The smallest absolute Gasteiger partial charge is 0.222 e. The van der Waals surface area contributed by atoms with Crippen LogP contribution in [-0.4, -0.2) is 60.1 Å². The van der Waals surface area contributed by atoms with Crippen molar-refractivity contribution in [3.63, 3.8) is 0 Å². The Hall–Kier alpha value is -0.610. The van der Waals surface area contributed by atoms with E-state index < -0.39 is 0 Å². The molecule has 1 atom stereocenters. The molecule has 0 aromatic rings. The molecule has 0 radical (unpaired) electrons. The van der Waals surface area contributed by atoms with Crippen molar-refractivity contribution in [2.24, 2.45) is 0 Å². The molecule has 0 aromatic carbocycles. The number of hydrogen-bond donors (Lipinski definition) is 1. The number of carbonyl (C=O) groups is 1. The summed E-state index contributed by atoms with van der Waals surface area (Å²) >= 11 is 0. The van der Waals surface area contributed by atoms with Crippen LogP contribution in [0.4, 0.5) is 0 Å². The van der Waals surface area contributed by atoms with Gasteiger partial charge in [0.05, 0.1) is 6.10 Å². The van der Waals surface area contributed by atoms with Gasteiger partial charge in [0, 0.05) is 26.1 Å². The minimum atomic E-state index is -0.241. The van der Waals surface area contributed by atoms with Crippen molar-refractivity contribution in [3.8, 4) is 0 Å². The standard InChI is InChI=1S/C13H28N2O2/c1-5-15(6-2)13(17)8-7-10-14(4)11-9-12(3)16/h12,16H,5-11H2,1-4H3. The number of rotatable bonds is 9. The third kappa shape index (κ3) is 8.16. The predicted molar refractivity (Wildman–Crippen MR) is 71.0 cm³/mol. The van der Waals surface area contributed by atoms with Crippen molar-refractivity contribution in [1.82, 2.24) is 9.80 Å². The van der Waals surface area contributed by atoms with Gasteiger partial charge in [-0.2, -0.15) is 0 Å². The van der Waals surface area contributed by atoms with Crippen LogP contribution in [-0.2, 0) is 4.79 Å². The lowest BCUT2D eigenvalue weighted by molar-refractivity contribution is -0.130. The topological polar surface area (TPSA) is 43.8 Å². The molecule has 0 aliphatic rings. The first-order valence-corrected chi connectivity index (χ1v) is 6.65. The summed E-state index contributed by atoms with van der Waals surface area (Å²) in [5.41, 5.74) is 0. The lowest BCUT2D eigenvalue weighted by Crippen LogP contribution is -2.31. The van der Waals surface area contributed by atoms with Gasteiger partial charge in [0.2, 0.25) is 5.91 Å². The van der Waals surface area contributed by atoms with Gasteiger partial charge in [0.25, 0.3) is 0 Å². The Balaban J connectivity index is 3.65. The Bertz CT molecular complexity index is 204. The average molecular weight is 244 g/mol. The summed E-state index contributed by atoms with van der Waals surface area (Å²) in [4.78, 5) is 15.8. The van der Waals surface area contributed by atoms with E-state index in [-0.39, 0.29) is 12.0 Å². The van der Waals surface area contributed by atoms with E-state index in [4.69, 9.17) is 5.11 Å². The molecule has 1 amide bonds. The van der Waals surface area contributed by atoms with Gasteiger partial charge in [-0.1, -0.05) is 0 Å². The first-order valence-electron chi connectivity index (χ1n) is 6.65. The van der Waals surface area contributed by atoms with Crippen LogP contribution >= 0.6 is 0 Å². The van der Waals surface area contributed by atoms with E-state index in [1.54, 1.807) is 6.92 Å². The van der Waals surface area contributed by atoms with Gasteiger partial charge in [0.15, 0.2) is 0 Å². The van der Waals surface area contributed by atoms with E-state index in [1.165, 1.54) is 0 Å². The molecule has 4 nitrogen and oxygen atoms in total. The zero-order valence-electron chi connectivity index (χ0n) is 11.8. The highest BCUT2D eigenvalue weighted by atomic mass is 16.3. The van der Waals surface area contributed by atoms with Gasteiger partial charge >= 0.3 is 0 Å². The monoisotopic (exact) mass is 244 g/mol. The quantitative estimate of drug-likeness (QED) is 0.665. The van der Waals surface area contributed by atoms with Crippen molar-refractivity contribution in [2.75, 3.05) is 33.2 Å². The molecule has 0 heterocycles. The van der Waals surface area contributed by atoms with Gasteiger partial charge in [-0.05, 0) is 47.2 Å². The molecular weight excluding hydrogens is 216 g/mol. The molecule has 0 spiro atoms. The van der Waals surface area contributed by atoms with Crippen molar-refractivity contribution >= 4 is 5.91 Å². The summed E-state index contributed by atoms with van der Waals surface area (Å²) in [6.07, 6.45) is 2.07. The summed E-state index contributed by atoms with van der Waals surface area (Å²) in [6.45, 7) is 9.22. The van der Waals surface area contributed by atoms with E-state index in [9.17, 15) is 4.79 Å².